The molecule has 0 amide bonds. The van der Waals surface area contributed by atoms with Gasteiger partial charge in [0, 0.05) is 12.1 Å². The van der Waals surface area contributed by atoms with E-state index >= 15 is 0 Å². The maximum absolute atomic E-state index is 11.0. The first-order valence-corrected chi connectivity index (χ1v) is 12.5. The standard InChI is InChI=1S/C28H25NO2P.BrH/c1-23(21-24-17-19-25(20-18-24)29(30)31)22-32(26-11-5-2-6-12-26,27-13-7-3-8-14-27)28-15-9-4-10-16-28;/h2-21H,22H2,1H3;1H/q+1;/p-1/b23-21+;. The highest BCUT2D eigenvalue weighted by atomic mass is 79.9. The molecule has 0 saturated heterocycles. The SMILES string of the molecule is C/C(=C\c1ccc([N+](=O)[O-])cc1)C[P+](c1ccccc1)(c1ccccc1)c1ccccc1.[Br-]. The molecule has 0 radical (unpaired) electrons. The molecule has 4 aromatic rings. The summed E-state index contributed by atoms with van der Waals surface area (Å²) < 4.78 is 0. The maximum Gasteiger partial charge on any atom is 0.269 e. The fourth-order valence-electron chi connectivity index (χ4n) is 4.17. The summed E-state index contributed by atoms with van der Waals surface area (Å²) in [5.74, 6) is 0. The van der Waals surface area contributed by atoms with Gasteiger partial charge in [-0.15, -0.1) is 0 Å². The van der Waals surface area contributed by atoms with Crippen LogP contribution < -0.4 is 32.9 Å². The van der Waals surface area contributed by atoms with Crippen molar-refractivity contribution >= 4 is 34.9 Å². The average Bonchev–Trinajstić information content (AvgIpc) is 2.84. The number of halogens is 1. The number of non-ortho nitro benzene ring substituents is 1. The number of nitrogens with zero attached hydrogens (tertiary/aromatic N) is 1. The smallest absolute Gasteiger partial charge is 0.269 e. The van der Waals surface area contributed by atoms with Crippen LogP contribution in [0.5, 0.6) is 0 Å². The van der Waals surface area contributed by atoms with Gasteiger partial charge >= 0.3 is 0 Å². The summed E-state index contributed by atoms with van der Waals surface area (Å²) in [5, 5.41) is 15.0. The van der Waals surface area contributed by atoms with E-state index in [2.05, 4.69) is 104 Å². The van der Waals surface area contributed by atoms with Crippen LogP contribution in [0.3, 0.4) is 0 Å². The molecule has 0 N–H and O–H groups in total. The highest BCUT2D eigenvalue weighted by molar-refractivity contribution is 7.95. The van der Waals surface area contributed by atoms with Crippen LogP contribution in [-0.4, -0.2) is 11.1 Å². The van der Waals surface area contributed by atoms with Crippen LogP contribution in [0.1, 0.15) is 12.5 Å². The molecule has 0 saturated carbocycles. The Morgan fingerprint density at radius 2 is 1.12 bits per heavy atom. The minimum absolute atomic E-state index is 0. The Morgan fingerprint density at radius 3 is 1.48 bits per heavy atom. The lowest BCUT2D eigenvalue weighted by Gasteiger charge is -2.28. The second-order valence-corrected chi connectivity index (χ2v) is 11.3. The lowest BCUT2D eigenvalue weighted by Crippen LogP contribution is -3.00. The summed E-state index contributed by atoms with van der Waals surface area (Å²) >= 11 is 0. The molecule has 3 nitrogen and oxygen atoms in total. The lowest BCUT2D eigenvalue weighted by molar-refractivity contribution is -0.384. The van der Waals surface area contributed by atoms with Gasteiger partial charge in [-0.25, -0.2) is 0 Å². The molecule has 0 heterocycles. The van der Waals surface area contributed by atoms with Gasteiger partial charge in [-0.05, 0) is 66.6 Å². The third-order valence-electron chi connectivity index (χ3n) is 5.59. The molecule has 4 rings (SSSR count). The largest absolute Gasteiger partial charge is 1.00 e. The van der Waals surface area contributed by atoms with E-state index in [0.717, 1.165) is 11.7 Å². The van der Waals surface area contributed by atoms with Crippen LogP contribution in [0.4, 0.5) is 5.69 Å². The first kappa shape index (κ1) is 24.6. The van der Waals surface area contributed by atoms with Crippen molar-refractivity contribution in [3.63, 3.8) is 0 Å². The summed E-state index contributed by atoms with van der Waals surface area (Å²) in [6, 6.07) is 39.1. The number of nitro groups is 1. The van der Waals surface area contributed by atoms with Crippen LogP contribution in [0.25, 0.3) is 6.08 Å². The Hall–Kier alpha value is -3.07. The van der Waals surface area contributed by atoms with Crippen LogP contribution >= 0.6 is 7.26 Å². The second kappa shape index (κ2) is 11.2. The lowest BCUT2D eigenvalue weighted by atomic mass is 10.1. The van der Waals surface area contributed by atoms with Crippen molar-refractivity contribution in [2.75, 3.05) is 6.16 Å². The minimum atomic E-state index is -1.95. The summed E-state index contributed by atoms with van der Waals surface area (Å²) in [6.07, 6.45) is 3.04. The summed E-state index contributed by atoms with van der Waals surface area (Å²) in [5.41, 5.74) is 2.32. The first-order chi connectivity index (χ1) is 15.6. The van der Waals surface area contributed by atoms with Gasteiger partial charge in [0.25, 0.3) is 5.69 Å². The van der Waals surface area contributed by atoms with E-state index in [4.69, 9.17) is 0 Å². The third-order valence-corrected chi connectivity index (χ3v) is 10.1. The Morgan fingerprint density at radius 1 is 0.727 bits per heavy atom. The van der Waals surface area contributed by atoms with E-state index in [-0.39, 0.29) is 27.6 Å². The molecule has 0 aliphatic carbocycles. The monoisotopic (exact) mass is 517 g/mol. The molecule has 4 aromatic carbocycles. The average molecular weight is 518 g/mol. The van der Waals surface area contributed by atoms with Crippen molar-refractivity contribution in [2.24, 2.45) is 0 Å². The van der Waals surface area contributed by atoms with E-state index in [9.17, 15) is 10.1 Å². The molecule has 5 heteroatoms. The van der Waals surface area contributed by atoms with Gasteiger partial charge in [-0.2, -0.15) is 0 Å². The molecule has 0 atom stereocenters. The van der Waals surface area contributed by atoms with Gasteiger partial charge in [-0.3, -0.25) is 10.1 Å². The number of benzene rings is 4. The van der Waals surface area contributed by atoms with Gasteiger partial charge in [0.1, 0.15) is 23.2 Å². The molecule has 0 aliphatic heterocycles. The minimum Gasteiger partial charge on any atom is -1.00 e. The number of hydrogen-bond donors (Lipinski definition) is 0. The Labute approximate surface area is 206 Å². The van der Waals surface area contributed by atoms with Gasteiger partial charge in [0.2, 0.25) is 0 Å². The predicted octanol–water partition coefficient (Wildman–Crippen LogP) is 3.00. The highest BCUT2D eigenvalue weighted by Gasteiger charge is 2.45. The summed E-state index contributed by atoms with van der Waals surface area (Å²) in [7, 11) is -1.95. The summed E-state index contributed by atoms with van der Waals surface area (Å²) in [6.45, 7) is 2.16. The molecule has 0 aliphatic rings. The number of nitro benzene ring substituents is 1. The molecule has 0 aromatic heterocycles. The van der Waals surface area contributed by atoms with E-state index in [1.165, 1.54) is 21.5 Å². The molecule has 166 valence electrons. The molecule has 0 bridgehead atoms. The first-order valence-electron chi connectivity index (χ1n) is 10.6. The van der Waals surface area contributed by atoms with Crippen molar-refractivity contribution < 1.29 is 21.9 Å². The Bertz CT molecular complexity index is 1110. The zero-order chi connectivity index (χ0) is 22.4. The van der Waals surface area contributed by atoms with Gasteiger partial charge in [0.05, 0.1) is 11.1 Å². The highest BCUT2D eigenvalue weighted by Crippen LogP contribution is 2.56. The number of allylic oxidation sites excluding steroid dienone is 1. The fourth-order valence-corrected chi connectivity index (χ4v) is 8.49. The molecule has 33 heavy (non-hydrogen) atoms. The van der Waals surface area contributed by atoms with Crippen molar-refractivity contribution in [3.8, 4) is 0 Å². The van der Waals surface area contributed by atoms with Crippen LogP contribution in [0.2, 0.25) is 0 Å². The van der Waals surface area contributed by atoms with Crippen molar-refractivity contribution in [1.29, 1.82) is 0 Å². The van der Waals surface area contributed by atoms with E-state index < -0.39 is 7.26 Å². The normalized spacial score (nSPS) is 11.5. The molecule has 0 fully saturated rings. The fraction of sp³-hybridized carbons (Fsp3) is 0.0714. The Balaban J connectivity index is 0.00000306. The van der Waals surface area contributed by atoms with Gasteiger partial charge < -0.3 is 17.0 Å². The van der Waals surface area contributed by atoms with Gasteiger partial charge in [0.15, 0.2) is 0 Å². The number of rotatable bonds is 7. The van der Waals surface area contributed by atoms with Gasteiger partial charge in [-0.1, -0.05) is 60.7 Å². The van der Waals surface area contributed by atoms with E-state index in [1.807, 2.05) is 12.1 Å². The van der Waals surface area contributed by atoms with E-state index in [0.29, 0.717) is 0 Å². The molecule has 0 unspecified atom stereocenters. The van der Waals surface area contributed by atoms with Crippen molar-refractivity contribution in [1.82, 2.24) is 0 Å². The molecular formula is C28H25BrNO2P. The maximum atomic E-state index is 11.0. The zero-order valence-electron chi connectivity index (χ0n) is 18.3. The topological polar surface area (TPSA) is 43.1 Å². The van der Waals surface area contributed by atoms with Crippen molar-refractivity contribution in [3.05, 3.63) is 137 Å². The number of hydrogen-bond acceptors (Lipinski definition) is 2. The van der Waals surface area contributed by atoms with E-state index in [1.54, 1.807) is 12.1 Å². The van der Waals surface area contributed by atoms with Crippen LogP contribution in [0.15, 0.2) is 121 Å². The predicted molar refractivity (Wildman–Crippen MR) is 137 cm³/mol. The quantitative estimate of drug-likeness (QED) is 0.215. The summed E-state index contributed by atoms with van der Waals surface area (Å²) in [4.78, 5) is 10.6. The third kappa shape index (κ3) is 5.47. The molecule has 0 spiro atoms. The molecular weight excluding hydrogens is 493 g/mol. The second-order valence-electron chi connectivity index (χ2n) is 7.81. The van der Waals surface area contributed by atoms with Crippen molar-refractivity contribution in [2.45, 2.75) is 6.92 Å². The van der Waals surface area contributed by atoms with Crippen LogP contribution in [0, 0.1) is 10.1 Å². The Kier molecular flexibility index (Phi) is 8.32. The van der Waals surface area contributed by atoms with Crippen LogP contribution in [-0.2, 0) is 0 Å². The zero-order valence-corrected chi connectivity index (χ0v) is 20.8.